The summed E-state index contributed by atoms with van der Waals surface area (Å²) in [6.45, 7) is 4.04. The fraction of sp³-hybridized carbons (Fsp3) is 0.500. The summed E-state index contributed by atoms with van der Waals surface area (Å²) in [6, 6.07) is 11.2. The maximum atomic E-state index is 12.9. The van der Waals surface area contributed by atoms with Gasteiger partial charge in [-0.2, -0.15) is 0 Å². The van der Waals surface area contributed by atoms with Crippen LogP contribution in [0.25, 0.3) is 0 Å². The number of benzene rings is 2. The number of amides is 2. The van der Waals surface area contributed by atoms with Crippen LogP contribution in [-0.2, 0) is 0 Å². The number of hydrogen-bond acceptors (Lipinski definition) is 4. The van der Waals surface area contributed by atoms with Gasteiger partial charge in [-0.3, -0.25) is 9.59 Å². The Morgan fingerprint density at radius 1 is 0.838 bits per heavy atom. The molecule has 37 heavy (non-hydrogen) atoms. The van der Waals surface area contributed by atoms with Crippen LogP contribution in [0.15, 0.2) is 36.4 Å². The lowest BCUT2D eigenvalue weighted by molar-refractivity contribution is 0.0566. The van der Waals surface area contributed by atoms with Gasteiger partial charge in [0.2, 0.25) is 0 Å². The van der Waals surface area contributed by atoms with E-state index in [2.05, 4.69) is 10.2 Å². The molecule has 0 aromatic heterocycles. The summed E-state index contributed by atoms with van der Waals surface area (Å²) < 4.78 is 5.77. The molecule has 1 saturated carbocycles. The molecule has 2 saturated heterocycles. The molecule has 1 aliphatic carbocycles. The van der Waals surface area contributed by atoms with Crippen molar-refractivity contribution < 1.29 is 14.3 Å². The van der Waals surface area contributed by atoms with Crippen LogP contribution in [-0.4, -0.2) is 66.5 Å². The third kappa shape index (κ3) is 6.72. The van der Waals surface area contributed by atoms with Crippen molar-refractivity contribution in [3.63, 3.8) is 0 Å². The van der Waals surface area contributed by atoms with E-state index in [-0.39, 0.29) is 32.9 Å². The number of carbonyl (C=O) groups is 2. The Hall–Kier alpha value is -1.99. The smallest absolute Gasteiger partial charge is 0.253 e. The van der Waals surface area contributed by atoms with Crippen LogP contribution in [0.2, 0.25) is 15.1 Å². The van der Waals surface area contributed by atoms with E-state index in [9.17, 15) is 9.59 Å². The van der Waals surface area contributed by atoms with Gasteiger partial charge in [0.05, 0.1) is 21.7 Å². The molecule has 0 spiro atoms. The van der Waals surface area contributed by atoms with Gasteiger partial charge in [-0.15, -0.1) is 0 Å². The van der Waals surface area contributed by atoms with Gasteiger partial charge in [-0.1, -0.05) is 34.8 Å². The summed E-state index contributed by atoms with van der Waals surface area (Å²) in [4.78, 5) is 30.0. The summed E-state index contributed by atoms with van der Waals surface area (Å²) in [5, 5.41) is 4.05. The van der Waals surface area contributed by atoms with E-state index in [0.29, 0.717) is 36.2 Å². The Morgan fingerprint density at radius 2 is 1.46 bits per heavy atom. The summed E-state index contributed by atoms with van der Waals surface area (Å²) in [5.41, 5.74) is 1.14. The molecule has 2 aromatic rings. The topological polar surface area (TPSA) is 61.9 Å². The second-order valence-electron chi connectivity index (χ2n) is 10.3. The molecular formula is C28H32Cl3N3O3. The molecule has 2 heterocycles. The predicted molar refractivity (Wildman–Crippen MR) is 147 cm³/mol. The van der Waals surface area contributed by atoms with Crippen molar-refractivity contribution in [1.29, 1.82) is 0 Å². The van der Waals surface area contributed by atoms with Gasteiger partial charge in [0.25, 0.3) is 11.8 Å². The first kappa shape index (κ1) is 26.6. The van der Waals surface area contributed by atoms with Crippen molar-refractivity contribution >= 4 is 46.6 Å². The van der Waals surface area contributed by atoms with Gasteiger partial charge < -0.3 is 19.9 Å². The second kappa shape index (κ2) is 11.8. The third-order valence-corrected chi connectivity index (χ3v) is 8.86. The molecule has 0 unspecified atom stereocenters. The van der Waals surface area contributed by atoms with Crippen molar-refractivity contribution in [3.8, 4) is 5.75 Å². The van der Waals surface area contributed by atoms with Gasteiger partial charge in [-0.05, 0) is 80.8 Å². The molecule has 5 rings (SSSR count). The minimum absolute atomic E-state index is 0.0265. The number of likely N-dealkylation sites (tertiary alicyclic amines) is 2. The Morgan fingerprint density at radius 3 is 2.05 bits per heavy atom. The Bertz CT molecular complexity index is 1100. The second-order valence-corrected chi connectivity index (χ2v) is 11.5. The van der Waals surface area contributed by atoms with Crippen molar-refractivity contribution in [2.45, 2.75) is 50.6 Å². The largest absolute Gasteiger partial charge is 0.493 e. The van der Waals surface area contributed by atoms with Crippen LogP contribution in [0.5, 0.6) is 5.75 Å². The van der Waals surface area contributed by atoms with Crippen molar-refractivity contribution in [1.82, 2.24) is 15.1 Å². The van der Waals surface area contributed by atoms with Crippen molar-refractivity contribution in [3.05, 3.63) is 62.6 Å². The molecule has 2 aliphatic heterocycles. The predicted octanol–water partition coefficient (Wildman–Crippen LogP) is 5.93. The first-order valence-electron chi connectivity index (χ1n) is 13.1. The monoisotopic (exact) mass is 563 g/mol. The van der Waals surface area contributed by atoms with E-state index in [1.165, 1.54) is 12.8 Å². The molecule has 2 aromatic carbocycles. The molecule has 0 radical (unpaired) electrons. The molecule has 1 N–H and O–H groups in total. The number of nitrogens with one attached hydrogen (secondary N) is 1. The SMILES string of the molecule is O=C(NC1CCN(C2CCN(C(=O)c3cc(Cl)c(Cl)c(Cl)c3)CC2)CC1)c1ccc(OCC2CC2)cc1. The lowest BCUT2D eigenvalue weighted by Gasteiger charge is -2.42. The molecule has 198 valence electrons. The van der Waals surface area contributed by atoms with E-state index in [1.54, 1.807) is 12.1 Å². The Labute approximate surface area is 233 Å². The van der Waals surface area contributed by atoms with Gasteiger partial charge in [-0.25, -0.2) is 0 Å². The molecule has 2 amide bonds. The quantitative estimate of drug-likeness (QED) is 0.423. The van der Waals surface area contributed by atoms with E-state index < -0.39 is 0 Å². The van der Waals surface area contributed by atoms with Gasteiger partial charge >= 0.3 is 0 Å². The number of nitrogens with zero attached hydrogens (tertiary/aromatic N) is 2. The normalized spacial score (nSPS) is 19.6. The summed E-state index contributed by atoms with van der Waals surface area (Å²) in [7, 11) is 0. The van der Waals surface area contributed by atoms with E-state index >= 15 is 0 Å². The average Bonchev–Trinajstić information content (AvgIpc) is 3.75. The molecule has 0 atom stereocenters. The zero-order chi connectivity index (χ0) is 25.9. The van der Waals surface area contributed by atoms with Gasteiger partial charge in [0.15, 0.2) is 0 Å². The molecule has 3 fully saturated rings. The van der Waals surface area contributed by atoms with Crippen LogP contribution < -0.4 is 10.1 Å². The van der Waals surface area contributed by atoms with Crippen molar-refractivity contribution in [2.75, 3.05) is 32.8 Å². The fourth-order valence-electron chi connectivity index (χ4n) is 5.17. The van der Waals surface area contributed by atoms with E-state index in [0.717, 1.165) is 51.1 Å². The lowest BCUT2D eigenvalue weighted by Crippen LogP contribution is -2.51. The molecule has 0 bridgehead atoms. The summed E-state index contributed by atoms with van der Waals surface area (Å²) >= 11 is 18.2. The number of hydrogen-bond donors (Lipinski definition) is 1. The van der Waals surface area contributed by atoms with E-state index in [1.807, 2.05) is 29.2 Å². The van der Waals surface area contributed by atoms with Gasteiger partial charge in [0, 0.05) is 49.4 Å². The standard InChI is InChI=1S/C28H32Cl3N3O3/c29-24-15-20(16-25(30)26(24)31)28(36)34-13-9-22(10-14-34)33-11-7-21(8-12-33)32-27(35)19-3-5-23(6-4-19)37-17-18-1-2-18/h3-6,15-16,18,21-22H,1-2,7-14,17H2,(H,32,35). The summed E-state index contributed by atoms with van der Waals surface area (Å²) in [5.74, 6) is 1.44. The van der Waals surface area contributed by atoms with Crippen LogP contribution in [0.1, 0.15) is 59.2 Å². The zero-order valence-electron chi connectivity index (χ0n) is 20.7. The maximum Gasteiger partial charge on any atom is 0.253 e. The maximum absolute atomic E-state index is 12.9. The number of ether oxygens (including phenoxy) is 1. The lowest BCUT2D eigenvalue weighted by atomic mass is 9.97. The first-order chi connectivity index (χ1) is 17.9. The average molecular weight is 565 g/mol. The minimum atomic E-state index is -0.0668. The number of rotatable bonds is 7. The highest BCUT2D eigenvalue weighted by atomic mass is 35.5. The number of carbonyl (C=O) groups excluding carboxylic acids is 2. The zero-order valence-corrected chi connectivity index (χ0v) is 23.0. The van der Waals surface area contributed by atoms with Crippen LogP contribution >= 0.6 is 34.8 Å². The van der Waals surface area contributed by atoms with Crippen LogP contribution in [0.3, 0.4) is 0 Å². The molecule has 9 heteroatoms. The summed E-state index contributed by atoms with van der Waals surface area (Å²) in [6.07, 6.45) is 6.21. The minimum Gasteiger partial charge on any atom is -0.493 e. The van der Waals surface area contributed by atoms with Crippen LogP contribution in [0.4, 0.5) is 0 Å². The molecular weight excluding hydrogens is 533 g/mol. The first-order valence-corrected chi connectivity index (χ1v) is 14.2. The Kier molecular flexibility index (Phi) is 8.50. The van der Waals surface area contributed by atoms with Gasteiger partial charge in [0.1, 0.15) is 5.75 Å². The van der Waals surface area contributed by atoms with E-state index in [4.69, 9.17) is 39.5 Å². The Balaban J connectivity index is 1.05. The fourth-order valence-corrected chi connectivity index (χ4v) is 5.77. The number of piperidine rings is 2. The highest BCUT2D eigenvalue weighted by Crippen LogP contribution is 2.32. The third-order valence-electron chi connectivity index (χ3n) is 7.66. The molecule has 3 aliphatic rings. The highest BCUT2D eigenvalue weighted by Gasteiger charge is 2.31. The van der Waals surface area contributed by atoms with Crippen LogP contribution in [0, 0.1) is 5.92 Å². The van der Waals surface area contributed by atoms with Crippen molar-refractivity contribution in [2.24, 2.45) is 5.92 Å². The molecule has 6 nitrogen and oxygen atoms in total. The number of halogens is 3. The highest BCUT2D eigenvalue weighted by molar-refractivity contribution is 6.48.